The Labute approximate surface area is 170 Å². The first-order chi connectivity index (χ1) is 13.9. The van der Waals surface area contributed by atoms with E-state index < -0.39 is 5.97 Å². The van der Waals surface area contributed by atoms with Crippen LogP contribution < -0.4 is 5.73 Å². The Morgan fingerprint density at radius 1 is 1.10 bits per heavy atom. The van der Waals surface area contributed by atoms with Gasteiger partial charge in [-0.05, 0) is 41.7 Å². The van der Waals surface area contributed by atoms with Crippen molar-refractivity contribution in [3.05, 3.63) is 71.3 Å². The molecule has 2 N–H and O–H groups in total. The number of rotatable bonds is 5. The van der Waals surface area contributed by atoms with Crippen LogP contribution in [0.15, 0.2) is 54.6 Å². The number of nitriles is 1. The highest BCUT2D eigenvalue weighted by Gasteiger charge is 2.14. The van der Waals surface area contributed by atoms with E-state index in [1.807, 2.05) is 18.2 Å². The molecule has 5 heteroatoms. The molecule has 3 aromatic rings. The molecule has 0 radical (unpaired) electrons. The number of ether oxygens (including phenoxy) is 1. The maximum absolute atomic E-state index is 11.7. The lowest BCUT2D eigenvalue weighted by Crippen LogP contribution is -2.02. The lowest BCUT2D eigenvalue weighted by atomic mass is 9.96. The first-order valence-electron chi connectivity index (χ1n) is 9.41. The van der Waals surface area contributed by atoms with Crippen LogP contribution in [-0.2, 0) is 11.2 Å². The van der Waals surface area contributed by atoms with Gasteiger partial charge in [0, 0.05) is 11.1 Å². The van der Waals surface area contributed by atoms with E-state index in [0.717, 1.165) is 17.5 Å². The first kappa shape index (κ1) is 20.1. The lowest BCUT2D eigenvalue weighted by molar-refractivity contribution is 0.0601. The Morgan fingerprint density at radius 3 is 2.28 bits per heavy atom. The molecule has 146 valence electrons. The zero-order valence-corrected chi connectivity index (χ0v) is 16.8. The fourth-order valence-corrected chi connectivity index (χ4v) is 3.24. The van der Waals surface area contributed by atoms with Crippen molar-refractivity contribution in [2.75, 3.05) is 12.8 Å². The van der Waals surface area contributed by atoms with Gasteiger partial charge in [0.25, 0.3) is 0 Å². The highest BCUT2D eigenvalue weighted by molar-refractivity contribution is 5.90. The number of pyridine rings is 1. The summed E-state index contributed by atoms with van der Waals surface area (Å²) in [7, 11) is 1.34. The summed E-state index contributed by atoms with van der Waals surface area (Å²) in [6.45, 7) is 4.38. The van der Waals surface area contributed by atoms with E-state index in [4.69, 9.17) is 10.5 Å². The number of aromatic nitrogens is 1. The Kier molecular flexibility index (Phi) is 5.94. The molecule has 0 spiro atoms. The van der Waals surface area contributed by atoms with Gasteiger partial charge in [-0.2, -0.15) is 5.26 Å². The van der Waals surface area contributed by atoms with Gasteiger partial charge in [0.15, 0.2) is 0 Å². The summed E-state index contributed by atoms with van der Waals surface area (Å²) in [6.07, 6.45) is 1.01. The number of hydrogen-bond donors (Lipinski definition) is 1. The molecular formula is C24H23N3O2. The summed E-state index contributed by atoms with van der Waals surface area (Å²) >= 11 is 0. The average molecular weight is 385 g/mol. The second kappa shape index (κ2) is 8.57. The Bertz CT molecular complexity index is 1060. The van der Waals surface area contributed by atoms with Gasteiger partial charge in [-0.1, -0.05) is 50.2 Å². The third kappa shape index (κ3) is 4.44. The Balaban J connectivity index is 2.03. The van der Waals surface area contributed by atoms with Crippen LogP contribution in [0.5, 0.6) is 0 Å². The first-order valence-corrected chi connectivity index (χ1v) is 9.41. The van der Waals surface area contributed by atoms with Gasteiger partial charge in [-0.25, -0.2) is 9.78 Å². The van der Waals surface area contributed by atoms with Crippen molar-refractivity contribution in [3.8, 4) is 28.5 Å². The summed E-state index contributed by atoms with van der Waals surface area (Å²) < 4.78 is 4.74. The van der Waals surface area contributed by atoms with Crippen LogP contribution in [0.25, 0.3) is 22.4 Å². The van der Waals surface area contributed by atoms with Crippen LogP contribution in [0.4, 0.5) is 5.82 Å². The number of nitrogens with two attached hydrogens (primary N) is 1. The largest absolute Gasteiger partial charge is 0.465 e. The number of benzene rings is 2. The van der Waals surface area contributed by atoms with Crippen LogP contribution in [0.1, 0.15) is 35.3 Å². The van der Waals surface area contributed by atoms with Crippen molar-refractivity contribution in [3.63, 3.8) is 0 Å². The van der Waals surface area contributed by atoms with E-state index in [0.29, 0.717) is 28.3 Å². The third-order valence-electron chi connectivity index (χ3n) is 4.67. The fourth-order valence-electron chi connectivity index (χ4n) is 3.24. The van der Waals surface area contributed by atoms with Crippen molar-refractivity contribution in [2.24, 2.45) is 5.92 Å². The molecule has 0 saturated carbocycles. The summed E-state index contributed by atoms with van der Waals surface area (Å²) in [5.41, 5.74) is 11.2. The zero-order chi connectivity index (χ0) is 21.0. The molecule has 5 nitrogen and oxygen atoms in total. The number of carbonyl (C=O) groups excluding carboxylic acids is 1. The number of carbonyl (C=O) groups is 1. The van der Waals surface area contributed by atoms with Crippen molar-refractivity contribution in [2.45, 2.75) is 20.3 Å². The van der Waals surface area contributed by atoms with Crippen molar-refractivity contribution in [1.29, 1.82) is 5.26 Å². The Morgan fingerprint density at radius 2 is 1.72 bits per heavy atom. The molecule has 1 heterocycles. The van der Waals surface area contributed by atoms with Crippen LogP contribution >= 0.6 is 0 Å². The van der Waals surface area contributed by atoms with Crippen LogP contribution in [0.2, 0.25) is 0 Å². The van der Waals surface area contributed by atoms with E-state index in [2.05, 4.69) is 37.0 Å². The number of nitrogens with zero attached hydrogens (tertiary/aromatic N) is 2. The summed E-state index contributed by atoms with van der Waals surface area (Å²) in [4.78, 5) is 16.1. The molecule has 0 aliphatic carbocycles. The van der Waals surface area contributed by atoms with E-state index in [9.17, 15) is 10.1 Å². The van der Waals surface area contributed by atoms with Crippen LogP contribution in [0.3, 0.4) is 0 Å². The van der Waals surface area contributed by atoms with Gasteiger partial charge in [0.2, 0.25) is 0 Å². The molecule has 0 aliphatic heterocycles. The van der Waals surface area contributed by atoms with Crippen molar-refractivity contribution >= 4 is 11.8 Å². The molecule has 0 aliphatic rings. The molecule has 0 atom stereocenters. The average Bonchev–Trinajstić information content (AvgIpc) is 2.73. The summed E-state index contributed by atoms with van der Waals surface area (Å²) in [5, 5.41) is 9.58. The predicted molar refractivity (Wildman–Crippen MR) is 114 cm³/mol. The number of nitrogen functional groups attached to an aromatic ring is 1. The van der Waals surface area contributed by atoms with Gasteiger partial charge in [-0.3, -0.25) is 0 Å². The molecule has 0 saturated heterocycles. The minimum Gasteiger partial charge on any atom is -0.465 e. The highest BCUT2D eigenvalue weighted by Crippen LogP contribution is 2.31. The smallest absolute Gasteiger partial charge is 0.337 e. The molecule has 0 bridgehead atoms. The number of anilines is 1. The molecular weight excluding hydrogens is 362 g/mol. The monoisotopic (exact) mass is 385 g/mol. The molecule has 1 aromatic heterocycles. The highest BCUT2D eigenvalue weighted by atomic mass is 16.5. The maximum Gasteiger partial charge on any atom is 0.337 e. The second-order valence-electron chi connectivity index (χ2n) is 7.29. The normalized spacial score (nSPS) is 10.6. The number of methoxy groups -OCH3 is 1. The molecule has 0 unspecified atom stereocenters. The molecule has 29 heavy (non-hydrogen) atoms. The molecule has 3 rings (SSSR count). The minimum atomic E-state index is -0.409. The van der Waals surface area contributed by atoms with Gasteiger partial charge in [-0.15, -0.1) is 0 Å². The van der Waals surface area contributed by atoms with Crippen molar-refractivity contribution < 1.29 is 9.53 Å². The Hall–Kier alpha value is -3.65. The van der Waals surface area contributed by atoms with E-state index in [1.54, 1.807) is 24.3 Å². The van der Waals surface area contributed by atoms with Gasteiger partial charge in [0.05, 0.1) is 18.4 Å². The van der Waals surface area contributed by atoms with Crippen LogP contribution in [0, 0.1) is 17.2 Å². The number of hydrogen-bond acceptors (Lipinski definition) is 5. The second-order valence-corrected chi connectivity index (χ2v) is 7.29. The van der Waals surface area contributed by atoms with Crippen molar-refractivity contribution in [1.82, 2.24) is 4.98 Å². The summed E-state index contributed by atoms with van der Waals surface area (Å²) in [6, 6.07) is 19.1. The topological polar surface area (TPSA) is 89.0 Å². The molecule has 0 fully saturated rings. The van der Waals surface area contributed by atoms with Gasteiger partial charge in [0.1, 0.15) is 17.5 Å². The van der Waals surface area contributed by atoms with Gasteiger partial charge >= 0.3 is 5.97 Å². The molecule has 0 amide bonds. The number of esters is 1. The minimum absolute atomic E-state index is 0.184. The fraction of sp³-hybridized carbons (Fsp3) is 0.208. The lowest BCUT2D eigenvalue weighted by Gasteiger charge is -2.11. The van der Waals surface area contributed by atoms with Gasteiger partial charge < -0.3 is 10.5 Å². The van der Waals surface area contributed by atoms with Crippen LogP contribution in [-0.4, -0.2) is 18.1 Å². The van der Waals surface area contributed by atoms with E-state index >= 15 is 0 Å². The van der Waals surface area contributed by atoms with E-state index in [-0.39, 0.29) is 5.82 Å². The maximum atomic E-state index is 11.7. The molecule has 2 aromatic carbocycles. The standard InChI is InChI=1S/C24H23N3O2/c1-15(2)12-16-4-6-18(7-5-16)22-13-20(21(14-25)23(26)27-22)17-8-10-19(11-9-17)24(28)29-3/h4-11,13,15H,12H2,1-3H3,(H2,26,27). The predicted octanol–water partition coefficient (Wildman–Crippen LogP) is 4.85. The quantitative estimate of drug-likeness (QED) is 0.634. The van der Waals surface area contributed by atoms with E-state index in [1.165, 1.54) is 12.7 Å². The third-order valence-corrected chi connectivity index (χ3v) is 4.67. The zero-order valence-electron chi connectivity index (χ0n) is 16.8. The SMILES string of the molecule is COC(=O)c1ccc(-c2cc(-c3ccc(CC(C)C)cc3)nc(N)c2C#N)cc1. The summed E-state index contributed by atoms with van der Waals surface area (Å²) in [5.74, 6) is 0.362.